The predicted octanol–water partition coefficient (Wildman–Crippen LogP) is 2.33. The normalized spacial score (nSPS) is 12.3. The Labute approximate surface area is 120 Å². The molecule has 2 aromatic rings. The maximum absolute atomic E-state index is 5.85. The van der Waals surface area contributed by atoms with Gasteiger partial charge in [0, 0.05) is 25.2 Å². The average Bonchev–Trinajstić information content (AvgIpc) is 2.76. The summed E-state index contributed by atoms with van der Waals surface area (Å²) >= 11 is 0. The molecule has 0 amide bonds. The molecule has 20 heavy (non-hydrogen) atoms. The van der Waals surface area contributed by atoms with Crippen molar-refractivity contribution in [3.05, 3.63) is 47.8 Å². The first-order valence-corrected chi connectivity index (χ1v) is 7.09. The van der Waals surface area contributed by atoms with Crippen LogP contribution in [0.3, 0.4) is 0 Å². The first kappa shape index (κ1) is 14.6. The summed E-state index contributed by atoms with van der Waals surface area (Å²) in [5, 5.41) is 7.86. The zero-order chi connectivity index (χ0) is 14.4. The zero-order valence-electron chi connectivity index (χ0n) is 12.5. The molecule has 0 aliphatic rings. The summed E-state index contributed by atoms with van der Waals surface area (Å²) in [7, 11) is 1.99. The third kappa shape index (κ3) is 4.10. The lowest BCUT2D eigenvalue weighted by Gasteiger charge is -2.18. The monoisotopic (exact) mass is 273 g/mol. The smallest absolute Gasteiger partial charge is 0.119 e. The van der Waals surface area contributed by atoms with Crippen LogP contribution in [0.2, 0.25) is 0 Å². The lowest BCUT2D eigenvalue weighted by Crippen LogP contribution is -2.37. The van der Waals surface area contributed by atoms with Gasteiger partial charge in [-0.25, -0.2) is 0 Å². The molecule has 4 heteroatoms. The van der Waals surface area contributed by atoms with Gasteiger partial charge in [0.15, 0.2) is 0 Å². The van der Waals surface area contributed by atoms with Gasteiger partial charge in [0.2, 0.25) is 0 Å². The summed E-state index contributed by atoms with van der Waals surface area (Å²) in [5.74, 6) is 0.914. The quantitative estimate of drug-likeness (QED) is 0.841. The highest BCUT2D eigenvalue weighted by atomic mass is 16.5. The Hall–Kier alpha value is -1.81. The van der Waals surface area contributed by atoms with Crippen LogP contribution in [0.5, 0.6) is 5.75 Å². The fraction of sp³-hybridized carbons (Fsp3) is 0.438. The number of hydrogen-bond donors (Lipinski definition) is 1. The van der Waals surface area contributed by atoms with Crippen molar-refractivity contribution in [2.75, 3.05) is 13.2 Å². The summed E-state index contributed by atoms with van der Waals surface area (Å²) in [4.78, 5) is 0. The third-order valence-corrected chi connectivity index (χ3v) is 3.24. The van der Waals surface area contributed by atoms with Crippen molar-refractivity contribution >= 4 is 0 Å². The molecule has 0 bridgehead atoms. The van der Waals surface area contributed by atoms with Gasteiger partial charge in [0.1, 0.15) is 12.4 Å². The molecule has 1 atom stereocenters. The first-order chi connectivity index (χ1) is 9.69. The summed E-state index contributed by atoms with van der Waals surface area (Å²) in [5.41, 5.74) is 2.28. The molecule has 1 unspecified atom stereocenters. The van der Waals surface area contributed by atoms with E-state index in [0.717, 1.165) is 24.4 Å². The number of ether oxygens (including phenoxy) is 1. The molecule has 4 nitrogen and oxygen atoms in total. The Morgan fingerprint density at radius 1 is 1.30 bits per heavy atom. The van der Waals surface area contributed by atoms with Gasteiger partial charge in [-0.1, -0.05) is 25.1 Å². The largest absolute Gasteiger partial charge is 0.492 e. The Morgan fingerprint density at radius 2 is 2.05 bits per heavy atom. The number of nitrogens with zero attached hydrogens (tertiary/aromatic N) is 2. The van der Waals surface area contributed by atoms with Crippen LogP contribution < -0.4 is 10.1 Å². The topological polar surface area (TPSA) is 39.1 Å². The van der Waals surface area contributed by atoms with E-state index < -0.39 is 0 Å². The summed E-state index contributed by atoms with van der Waals surface area (Å²) in [6.07, 6.45) is 0.915. The van der Waals surface area contributed by atoms with Crippen molar-refractivity contribution in [3.8, 4) is 5.75 Å². The van der Waals surface area contributed by atoms with E-state index in [4.69, 9.17) is 4.74 Å². The fourth-order valence-corrected chi connectivity index (χ4v) is 2.30. The van der Waals surface area contributed by atoms with Crippen LogP contribution >= 0.6 is 0 Å². The van der Waals surface area contributed by atoms with Gasteiger partial charge in [-0.3, -0.25) is 4.68 Å². The van der Waals surface area contributed by atoms with E-state index in [2.05, 4.69) is 23.4 Å². The second-order valence-electron chi connectivity index (χ2n) is 4.98. The van der Waals surface area contributed by atoms with Gasteiger partial charge < -0.3 is 10.1 Å². The minimum absolute atomic E-state index is 0.287. The van der Waals surface area contributed by atoms with E-state index in [9.17, 15) is 0 Å². The number of para-hydroxylation sites is 1. The molecule has 1 N–H and O–H groups in total. The number of hydrogen-bond acceptors (Lipinski definition) is 3. The van der Waals surface area contributed by atoms with Gasteiger partial charge >= 0.3 is 0 Å². The van der Waals surface area contributed by atoms with Crippen molar-refractivity contribution in [2.24, 2.45) is 7.05 Å². The number of aromatic nitrogens is 2. The molecule has 1 aromatic carbocycles. The third-order valence-electron chi connectivity index (χ3n) is 3.24. The van der Waals surface area contributed by atoms with E-state index in [-0.39, 0.29) is 6.04 Å². The maximum atomic E-state index is 5.85. The molecule has 1 heterocycles. The van der Waals surface area contributed by atoms with Crippen molar-refractivity contribution in [1.29, 1.82) is 0 Å². The van der Waals surface area contributed by atoms with Gasteiger partial charge in [-0.05, 0) is 31.7 Å². The number of aryl methyl sites for hydroxylation is 2. The van der Waals surface area contributed by atoms with Crippen molar-refractivity contribution in [3.63, 3.8) is 0 Å². The molecule has 0 fully saturated rings. The van der Waals surface area contributed by atoms with E-state index in [1.807, 2.05) is 49.0 Å². The van der Waals surface area contributed by atoms with Crippen molar-refractivity contribution in [2.45, 2.75) is 26.3 Å². The minimum Gasteiger partial charge on any atom is -0.492 e. The Kier molecular flexibility index (Phi) is 5.18. The van der Waals surface area contributed by atoms with E-state index in [1.54, 1.807) is 0 Å². The average molecular weight is 273 g/mol. The minimum atomic E-state index is 0.287. The van der Waals surface area contributed by atoms with Crippen LogP contribution in [0.15, 0.2) is 36.4 Å². The Bertz CT molecular complexity index is 522. The number of nitrogens with one attached hydrogen (secondary N) is 1. The van der Waals surface area contributed by atoms with Crippen molar-refractivity contribution < 1.29 is 4.74 Å². The maximum Gasteiger partial charge on any atom is 0.119 e. The number of benzene rings is 1. The highest BCUT2D eigenvalue weighted by Gasteiger charge is 2.12. The van der Waals surface area contributed by atoms with Gasteiger partial charge in [0.05, 0.1) is 5.69 Å². The Morgan fingerprint density at radius 3 is 2.65 bits per heavy atom. The lowest BCUT2D eigenvalue weighted by atomic mass is 10.1. The van der Waals surface area contributed by atoms with Crippen LogP contribution in [0.4, 0.5) is 0 Å². The Balaban J connectivity index is 1.95. The molecule has 0 saturated carbocycles. The van der Waals surface area contributed by atoms with Crippen LogP contribution in [0.25, 0.3) is 0 Å². The standard InChI is InChI=1S/C16H23N3O/c1-4-17-14(11-15-10-13(2)18-19(15)3)12-20-16-8-6-5-7-9-16/h5-10,14,17H,4,11-12H2,1-3H3. The molecule has 0 aliphatic carbocycles. The van der Waals surface area contributed by atoms with Crippen LogP contribution in [-0.4, -0.2) is 29.0 Å². The lowest BCUT2D eigenvalue weighted by molar-refractivity contribution is 0.263. The number of rotatable bonds is 7. The molecule has 0 saturated heterocycles. The molecular formula is C16H23N3O. The van der Waals surface area contributed by atoms with E-state index in [1.165, 1.54) is 5.69 Å². The highest BCUT2D eigenvalue weighted by molar-refractivity contribution is 5.21. The second-order valence-corrected chi connectivity index (χ2v) is 4.98. The van der Waals surface area contributed by atoms with Crippen molar-refractivity contribution in [1.82, 2.24) is 15.1 Å². The van der Waals surface area contributed by atoms with Gasteiger partial charge in [-0.15, -0.1) is 0 Å². The highest BCUT2D eigenvalue weighted by Crippen LogP contribution is 2.10. The first-order valence-electron chi connectivity index (χ1n) is 7.09. The summed E-state index contributed by atoms with van der Waals surface area (Å²) < 4.78 is 7.79. The second kappa shape index (κ2) is 7.10. The SMILES string of the molecule is CCNC(COc1ccccc1)Cc1cc(C)nn1C. The molecule has 0 aliphatic heterocycles. The molecule has 1 aromatic heterocycles. The van der Waals surface area contributed by atoms with Crippen LogP contribution in [0, 0.1) is 6.92 Å². The van der Waals surface area contributed by atoms with Crippen LogP contribution in [0.1, 0.15) is 18.3 Å². The molecule has 108 valence electrons. The number of likely N-dealkylation sites (N-methyl/N-ethyl adjacent to an activating group) is 1. The van der Waals surface area contributed by atoms with Gasteiger partial charge in [-0.2, -0.15) is 5.10 Å². The molecular weight excluding hydrogens is 250 g/mol. The predicted molar refractivity (Wildman–Crippen MR) is 81.1 cm³/mol. The summed E-state index contributed by atoms with van der Waals surface area (Å²) in [6.45, 7) is 5.72. The fourth-order valence-electron chi connectivity index (χ4n) is 2.30. The van der Waals surface area contributed by atoms with Crippen LogP contribution in [-0.2, 0) is 13.5 Å². The molecule has 0 spiro atoms. The van der Waals surface area contributed by atoms with Gasteiger partial charge in [0.25, 0.3) is 0 Å². The summed E-state index contributed by atoms with van der Waals surface area (Å²) in [6, 6.07) is 12.4. The van der Waals surface area contributed by atoms with E-state index in [0.29, 0.717) is 6.61 Å². The molecule has 0 radical (unpaired) electrons. The molecule has 2 rings (SSSR count). The zero-order valence-corrected chi connectivity index (χ0v) is 12.5. The van der Waals surface area contributed by atoms with E-state index >= 15 is 0 Å².